The van der Waals surface area contributed by atoms with E-state index in [0.717, 1.165) is 114 Å². The fourth-order valence-electron chi connectivity index (χ4n) is 12.0. The molecular formula is C79H154O17P2. The van der Waals surface area contributed by atoms with Gasteiger partial charge >= 0.3 is 39.5 Å². The van der Waals surface area contributed by atoms with Crippen LogP contribution >= 0.6 is 15.6 Å². The van der Waals surface area contributed by atoms with Crippen molar-refractivity contribution in [3.8, 4) is 0 Å². The molecule has 17 nitrogen and oxygen atoms in total. The largest absolute Gasteiger partial charge is 0.472 e. The van der Waals surface area contributed by atoms with Crippen LogP contribution in [0.25, 0.3) is 0 Å². The van der Waals surface area contributed by atoms with E-state index >= 15 is 0 Å². The highest BCUT2D eigenvalue weighted by atomic mass is 31.2. The lowest BCUT2D eigenvalue weighted by atomic mass is 9.99. The Morgan fingerprint density at radius 3 is 0.724 bits per heavy atom. The molecule has 0 radical (unpaired) electrons. The van der Waals surface area contributed by atoms with Gasteiger partial charge in [-0.2, -0.15) is 0 Å². The number of hydrogen-bond donors (Lipinski definition) is 3. The first-order valence-electron chi connectivity index (χ1n) is 40.7. The number of phosphoric acid groups is 2. The molecule has 0 spiro atoms. The van der Waals surface area contributed by atoms with Crippen LogP contribution < -0.4 is 0 Å². The molecule has 0 bridgehead atoms. The maximum atomic E-state index is 13.1. The van der Waals surface area contributed by atoms with Gasteiger partial charge in [-0.15, -0.1) is 0 Å². The number of aliphatic hydroxyl groups is 1. The number of carbonyl (C=O) groups is 4. The maximum Gasteiger partial charge on any atom is 0.472 e. The molecule has 0 aromatic rings. The summed E-state index contributed by atoms with van der Waals surface area (Å²) >= 11 is 0. The summed E-state index contributed by atoms with van der Waals surface area (Å²) in [7, 11) is -9.92. The van der Waals surface area contributed by atoms with Crippen LogP contribution in [0.4, 0.5) is 0 Å². The molecule has 0 saturated carbocycles. The number of phosphoric ester groups is 2. The Balaban J connectivity index is 5.18. The van der Waals surface area contributed by atoms with Crippen molar-refractivity contribution in [2.24, 2.45) is 23.7 Å². The fourth-order valence-corrected chi connectivity index (χ4v) is 13.6. The average molecular weight is 1440 g/mol. The van der Waals surface area contributed by atoms with Gasteiger partial charge < -0.3 is 33.8 Å². The lowest BCUT2D eigenvalue weighted by Crippen LogP contribution is -2.30. The van der Waals surface area contributed by atoms with Gasteiger partial charge in [-0.1, -0.05) is 351 Å². The van der Waals surface area contributed by atoms with Crippen molar-refractivity contribution in [3.63, 3.8) is 0 Å². The van der Waals surface area contributed by atoms with E-state index in [1.807, 2.05) is 0 Å². The Kier molecular flexibility index (Phi) is 66.8. The minimum absolute atomic E-state index is 0.105. The lowest BCUT2D eigenvalue weighted by molar-refractivity contribution is -0.161. The number of carbonyl (C=O) groups excluding carboxylic acids is 4. The van der Waals surface area contributed by atoms with E-state index in [2.05, 4.69) is 55.4 Å². The zero-order valence-corrected chi connectivity index (χ0v) is 66.2. The van der Waals surface area contributed by atoms with Crippen molar-refractivity contribution in [1.82, 2.24) is 0 Å². The third kappa shape index (κ3) is 71.1. The molecule has 0 aromatic carbocycles. The van der Waals surface area contributed by atoms with Gasteiger partial charge in [-0.05, 0) is 49.4 Å². The van der Waals surface area contributed by atoms with Crippen molar-refractivity contribution in [3.05, 3.63) is 0 Å². The highest BCUT2D eigenvalue weighted by Gasteiger charge is 2.30. The third-order valence-electron chi connectivity index (χ3n) is 18.7. The quantitative estimate of drug-likeness (QED) is 0.0222. The van der Waals surface area contributed by atoms with Crippen LogP contribution in [0.3, 0.4) is 0 Å². The van der Waals surface area contributed by atoms with E-state index in [9.17, 15) is 43.2 Å². The predicted octanol–water partition coefficient (Wildman–Crippen LogP) is 23.2. The number of unbranched alkanes of at least 4 members (excludes halogenated alkanes) is 41. The third-order valence-corrected chi connectivity index (χ3v) is 20.6. The van der Waals surface area contributed by atoms with E-state index in [-0.39, 0.29) is 25.7 Å². The molecule has 4 unspecified atom stereocenters. The van der Waals surface area contributed by atoms with Gasteiger partial charge in [0.25, 0.3) is 0 Å². The lowest BCUT2D eigenvalue weighted by Gasteiger charge is -2.21. The molecular weight excluding hydrogens is 1280 g/mol. The molecule has 3 N–H and O–H groups in total. The molecule has 0 aliphatic rings. The number of hydrogen-bond acceptors (Lipinski definition) is 15. The Hall–Kier alpha value is -1.94. The highest BCUT2D eigenvalue weighted by molar-refractivity contribution is 7.47. The second-order valence-corrected chi connectivity index (χ2v) is 33.0. The summed E-state index contributed by atoms with van der Waals surface area (Å²) in [5.41, 5.74) is 0. The number of rotatable bonds is 76. The Morgan fingerprint density at radius 1 is 0.286 bits per heavy atom. The van der Waals surface area contributed by atoms with Crippen molar-refractivity contribution in [2.45, 2.75) is 420 Å². The zero-order valence-electron chi connectivity index (χ0n) is 64.4. The maximum absolute atomic E-state index is 13.1. The first-order valence-corrected chi connectivity index (χ1v) is 43.7. The van der Waals surface area contributed by atoms with Gasteiger partial charge in [0.05, 0.1) is 26.4 Å². The van der Waals surface area contributed by atoms with Crippen LogP contribution in [0.2, 0.25) is 0 Å². The molecule has 98 heavy (non-hydrogen) atoms. The molecule has 0 aliphatic carbocycles. The van der Waals surface area contributed by atoms with Crippen molar-refractivity contribution < 1.29 is 80.2 Å². The Labute approximate surface area is 600 Å². The van der Waals surface area contributed by atoms with Crippen LogP contribution in [-0.4, -0.2) is 96.7 Å². The van der Waals surface area contributed by atoms with Gasteiger partial charge in [-0.3, -0.25) is 37.3 Å². The van der Waals surface area contributed by atoms with Crippen molar-refractivity contribution >= 4 is 39.5 Å². The standard InChI is InChI=1S/C79H154O17P2/c1-9-72(8)58-50-42-34-28-29-37-46-54-62-79(84)96-74(65-89-76(81)59-51-43-35-26-22-17-15-13-11-10-12-14-16-20-24-31-39-47-55-69(2)3)67-93-97(85,86)91-63-73(80)64-92-98(87,88)94-68-75(66-90-77(82)60-52-44-38-30-33-41-49-57-71(6)7)95-78(83)61-53-45-36-27-23-19-18-21-25-32-40-48-56-70(4)5/h69-75,80H,9-68H2,1-8H3,(H,85,86)(H,87,88)/t72?,73?,74-,75-/m1/s1. The summed E-state index contributed by atoms with van der Waals surface area (Å²) in [5, 5.41) is 10.6. The van der Waals surface area contributed by atoms with E-state index in [1.54, 1.807) is 0 Å². The smallest absolute Gasteiger partial charge is 0.462 e. The van der Waals surface area contributed by atoms with Gasteiger partial charge in [-0.25, -0.2) is 9.13 Å². The molecule has 0 fully saturated rings. The summed E-state index contributed by atoms with van der Waals surface area (Å²) in [4.78, 5) is 72.9. The number of aliphatic hydroxyl groups excluding tert-OH is 1. The molecule has 0 saturated heterocycles. The monoisotopic (exact) mass is 1440 g/mol. The molecule has 0 amide bonds. The summed E-state index contributed by atoms with van der Waals surface area (Å²) in [6.45, 7) is 14.2. The normalized spacial score (nSPS) is 14.3. The minimum atomic E-state index is -4.96. The Bertz CT molecular complexity index is 1920. The first kappa shape index (κ1) is 96.1. The van der Waals surface area contributed by atoms with Crippen LogP contribution in [0.1, 0.15) is 402 Å². The van der Waals surface area contributed by atoms with Gasteiger partial charge in [0.15, 0.2) is 12.2 Å². The van der Waals surface area contributed by atoms with Crippen LogP contribution in [-0.2, 0) is 65.4 Å². The number of esters is 4. The van der Waals surface area contributed by atoms with Gasteiger partial charge in [0, 0.05) is 25.7 Å². The van der Waals surface area contributed by atoms with Crippen LogP contribution in [0, 0.1) is 23.7 Å². The summed E-state index contributed by atoms with van der Waals surface area (Å²) in [5.74, 6) is 0.955. The van der Waals surface area contributed by atoms with Crippen LogP contribution in [0.15, 0.2) is 0 Å². The van der Waals surface area contributed by atoms with Crippen LogP contribution in [0.5, 0.6) is 0 Å². The predicted molar refractivity (Wildman–Crippen MR) is 400 cm³/mol. The molecule has 0 heterocycles. The average Bonchev–Trinajstić information content (AvgIpc) is 1.08. The van der Waals surface area contributed by atoms with E-state index in [4.69, 9.17) is 37.0 Å². The zero-order chi connectivity index (χ0) is 72.4. The van der Waals surface area contributed by atoms with Crippen molar-refractivity contribution in [1.29, 1.82) is 0 Å². The summed E-state index contributed by atoms with van der Waals surface area (Å²) in [6, 6.07) is 0. The van der Waals surface area contributed by atoms with E-state index < -0.39 is 97.5 Å². The summed E-state index contributed by atoms with van der Waals surface area (Å²) in [6.07, 6.45) is 54.3. The van der Waals surface area contributed by atoms with Crippen molar-refractivity contribution in [2.75, 3.05) is 39.6 Å². The number of ether oxygens (including phenoxy) is 4. The molecule has 6 atom stereocenters. The highest BCUT2D eigenvalue weighted by Crippen LogP contribution is 2.45. The molecule has 0 rings (SSSR count). The fraction of sp³-hybridized carbons (Fsp3) is 0.949. The molecule has 582 valence electrons. The van der Waals surface area contributed by atoms with Gasteiger partial charge in [0.1, 0.15) is 19.3 Å². The first-order chi connectivity index (χ1) is 47.1. The van der Waals surface area contributed by atoms with E-state index in [0.29, 0.717) is 31.6 Å². The minimum Gasteiger partial charge on any atom is -0.462 e. The van der Waals surface area contributed by atoms with E-state index in [1.165, 1.54) is 199 Å². The molecule has 0 aromatic heterocycles. The van der Waals surface area contributed by atoms with Gasteiger partial charge in [0.2, 0.25) is 0 Å². The summed E-state index contributed by atoms with van der Waals surface area (Å²) < 4.78 is 68.6. The topological polar surface area (TPSA) is 237 Å². The second-order valence-electron chi connectivity index (χ2n) is 30.1. The molecule has 0 aliphatic heterocycles. The Morgan fingerprint density at radius 2 is 0.490 bits per heavy atom. The second kappa shape index (κ2) is 68.2. The molecule has 19 heteroatoms. The SMILES string of the molecule is CCC(C)CCCCCCCCCCC(=O)O[C@H](COC(=O)CCCCCCCCCCCCCCCCCCCCC(C)C)COP(=O)(O)OCC(O)COP(=O)(O)OC[C@@H](COC(=O)CCCCCCCCCC(C)C)OC(=O)CCCCCCCCCCCCCCC(C)C.